The SMILES string of the molecule is C#CC[N-]CCC(C)(C#N)C(C)(C)C(C)(C=C)CC(C)(C)C(C)(C=C)CC(C)(C)C(C)(C#N)CCC(=C)NCCCN.C=CCCNC.CC.CC.CN1CCSC1=S.CNCC(C)C.[K+]. The van der Waals surface area contributed by atoms with E-state index in [0.29, 0.717) is 32.5 Å². The Balaban J connectivity index is -0.000000304. The number of nitriles is 2. The van der Waals surface area contributed by atoms with Crippen LogP contribution in [0.3, 0.4) is 0 Å². The second-order valence-corrected chi connectivity index (χ2v) is 21.5. The molecular formula is C55H105KN8S2. The molecule has 0 spiro atoms. The molecule has 1 heterocycles. The van der Waals surface area contributed by atoms with Gasteiger partial charge in [0, 0.05) is 31.6 Å². The number of hydrogen-bond acceptors (Lipinski definition) is 8. The number of nitrogens with one attached hydrogen (secondary N) is 3. The average molecular weight is 982 g/mol. The van der Waals surface area contributed by atoms with E-state index in [1.165, 1.54) is 5.75 Å². The Bertz CT molecular complexity index is 1440. The van der Waals surface area contributed by atoms with Gasteiger partial charge in [0.25, 0.3) is 0 Å². The van der Waals surface area contributed by atoms with Gasteiger partial charge in [0.15, 0.2) is 0 Å². The maximum Gasteiger partial charge on any atom is 1.00 e. The zero-order valence-corrected chi connectivity index (χ0v) is 51.8. The maximum atomic E-state index is 10.5. The zero-order valence-electron chi connectivity index (χ0n) is 47.0. The zero-order chi connectivity index (χ0) is 52.2. The first-order valence-electron chi connectivity index (χ1n) is 24.2. The summed E-state index contributed by atoms with van der Waals surface area (Å²) in [5.41, 5.74) is 3.68. The molecule has 0 bridgehead atoms. The van der Waals surface area contributed by atoms with E-state index in [9.17, 15) is 10.5 Å². The van der Waals surface area contributed by atoms with E-state index in [2.05, 4.69) is 153 Å². The largest absolute Gasteiger partial charge is 1.00 e. The van der Waals surface area contributed by atoms with Crippen LogP contribution in [-0.2, 0) is 0 Å². The molecule has 0 saturated carbocycles. The van der Waals surface area contributed by atoms with E-state index in [1.807, 2.05) is 67.9 Å². The maximum absolute atomic E-state index is 10.5. The van der Waals surface area contributed by atoms with Crippen molar-refractivity contribution in [2.75, 3.05) is 72.7 Å². The van der Waals surface area contributed by atoms with E-state index < -0.39 is 16.2 Å². The molecule has 0 aliphatic carbocycles. The van der Waals surface area contributed by atoms with Gasteiger partial charge in [-0.05, 0) is 119 Å². The summed E-state index contributed by atoms with van der Waals surface area (Å²) in [6.07, 6.45) is 17.0. The Hall–Kier alpha value is -0.984. The second-order valence-electron chi connectivity index (χ2n) is 19.8. The summed E-state index contributed by atoms with van der Waals surface area (Å²) in [5.74, 6) is 4.52. The van der Waals surface area contributed by atoms with Gasteiger partial charge >= 0.3 is 51.4 Å². The molecule has 11 heteroatoms. The van der Waals surface area contributed by atoms with Gasteiger partial charge in [0.1, 0.15) is 4.32 Å². The molecule has 1 rings (SSSR count). The Morgan fingerprint density at radius 2 is 1.39 bits per heavy atom. The predicted octanol–water partition coefficient (Wildman–Crippen LogP) is 10.6. The normalized spacial score (nSPS) is 15.5. The molecule has 4 atom stereocenters. The van der Waals surface area contributed by atoms with Crippen LogP contribution in [0.5, 0.6) is 0 Å². The summed E-state index contributed by atoms with van der Waals surface area (Å²) >= 11 is 6.69. The molecule has 1 aliphatic rings. The molecule has 4 unspecified atom stereocenters. The number of thioether (sulfide) groups is 1. The Morgan fingerprint density at radius 3 is 1.71 bits per heavy atom. The number of terminal acetylenes is 1. The smallest absolute Gasteiger partial charge is 0.652 e. The Labute approximate surface area is 464 Å². The third kappa shape index (κ3) is 28.0. The van der Waals surface area contributed by atoms with Gasteiger partial charge in [-0.2, -0.15) is 10.5 Å². The topological polar surface area (TPSA) is 127 Å². The molecule has 0 aromatic carbocycles. The van der Waals surface area contributed by atoms with Crippen molar-refractivity contribution in [3.63, 3.8) is 0 Å². The fourth-order valence-corrected chi connectivity index (χ4v) is 8.67. The minimum absolute atomic E-state index is 0. The van der Waals surface area contributed by atoms with Crippen LogP contribution in [0, 0.1) is 78.8 Å². The van der Waals surface area contributed by atoms with Crippen LogP contribution in [0.15, 0.2) is 50.2 Å². The van der Waals surface area contributed by atoms with Crippen LogP contribution in [-0.4, -0.2) is 81.9 Å². The van der Waals surface area contributed by atoms with Gasteiger partial charge in [-0.3, -0.25) is 0 Å². The van der Waals surface area contributed by atoms with Gasteiger partial charge in [-0.15, -0.1) is 38.6 Å². The number of hydrogen-bond donors (Lipinski definition) is 4. The molecule has 0 radical (unpaired) electrons. The van der Waals surface area contributed by atoms with Gasteiger partial charge in [-0.1, -0.05) is 159 Å². The van der Waals surface area contributed by atoms with Crippen molar-refractivity contribution in [2.24, 2.45) is 49.6 Å². The first kappa shape index (κ1) is 76.5. The van der Waals surface area contributed by atoms with Crippen LogP contribution >= 0.6 is 24.0 Å². The van der Waals surface area contributed by atoms with Crippen LogP contribution < -0.4 is 73.1 Å². The summed E-state index contributed by atoms with van der Waals surface area (Å²) in [6, 6.07) is 5.33. The van der Waals surface area contributed by atoms with Crippen molar-refractivity contribution >= 4 is 28.3 Å². The first-order chi connectivity index (χ1) is 30.2. The molecular weight excluding hydrogens is 876 g/mol. The quantitative estimate of drug-likeness (QED) is 0.0220. The van der Waals surface area contributed by atoms with E-state index in [4.69, 9.17) is 24.4 Å². The van der Waals surface area contributed by atoms with E-state index in [0.717, 1.165) is 74.2 Å². The molecule has 1 aliphatic heterocycles. The number of nitrogens with zero attached hydrogens (tertiary/aromatic N) is 4. The summed E-state index contributed by atoms with van der Waals surface area (Å²) in [5, 5.41) is 34.7. The minimum Gasteiger partial charge on any atom is -0.652 e. The summed E-state index contributed by atoms with van der Waals surface area (Å²) < 4.78 is 1.04. The fraction of sp³-hybridized carbons (Fsp3) is 0.764. The third-order valence-corrected chi connectivity index (χ3v) is 15.3. The molecule has 378 valence electrons. The van der Waals surface area contributed by atoms with Crippen molar-refractivity contribution in [1.29, 1.82) is 10.5 Å². The molecule has 8 nitrogen and oxygen atoms in total. The van der Waals surface area contributed by atoms with Crippen LogP contribution in [0.1, 0.15) is 156 Å². The van der Waals surface area contributed by atoms with Gasteiger partial charge in [-0.25, -0.2) is 0 Å². The average Bonchev–Trinajstić information content (AvgIpc) is 3.65. The fourth-order valence-electron chi connectivity index (χ4n) is 7.48. The van der Waals surface area contributed by atoms with Gasteiger partial charge < -0.3 is 31.9 Å². The first-order valence-corrected chi connectivity index (χ1v) is 25.6. The predicted molar refractivity (Wildman–Crippen MR) is 299 cm³/mol. The molecule has 5 N–H and O–H groups in total. The van der Waals surface area contributed by atoms with Crippen molar-refractivity contribution in [1.82, 2.24) is 20.9 Å². The monoisotopic (exact) mass is 981 g/mol. The molecule has 66 heavy (non-hydrogen) atoms. The molecule has 1 saturated heterocycles. The summed E-state index contributed by atoms with van der Waals surface area (Å²) in [4.78, 5) is 2.10. The molecule has 0 amide bonds. The number of rotatable bonds is 26. The standard InChI is InChI=1S/C37H62N5.C5H13N.C5H11N.C4H7NS2.2C2H6.K/c1-15-23-41-25-21-37(14,29-40)33(9,10)35(12,17-3)27-31(5,6)34(11,16-2)26-32(7,8)36(13,28-39)20-19-30(4)42-24-18-22-38;1-5(2)4-6-3;1-3-4-5-6-2;1-5-2-3-7-4(5)6;2*1-2;/h1,16-17,42H,2-4,18-27,38H2,5-14H3;5-6H,4H2,1-3H3;3,6H,1,4-5H2,2H3;2-3H2,1H3;2*1-2H3;/q-1;;;;;;+1. The van der Waals surface area contributed by atoms with E-state index >= 15 is 0 Å². The number of thiocarbonyl (C=S) groups is 1. The van der Waals surface area contributed by atoms with Crippen molar-refractivity contribution in [3.05, 3.63) is 55.6 Å². The molecule has 1 fully saturated rings. The van der Waals surface area contributed by atoms with Crippen LogP contribution in [0.25, 0.3) is 5.32 Å². The van der Waals surface area contributed by atoms with E-state index in [1.54, 1.807) is 11.8 Å². The summed E-state index contributed by atoms with van der Waals surface area (Å²) in [6.45, 7) is 56.4. The third-order valence-electron chi connectivity index (χ3n) is 13.7. The van der Waals surface area contributed by atoms with Crippen LogP contribution in [0.4, 0.5) is 0 Å². The second kappa shape index (κ2) is 40.7. The minimum atomic E-state index is -0.645. The summed E-state index contributed by atoms with van der Waals surface area (Å²) in [7, 11) is 5.94. The van der Waals surface area contributed by atoms with Gasteiger partial charge in [0.2, 0.25) is 0 Å². The number of nitrogens with two attached hydrogens (primary N) is 1. The van der Waals surface area contributed by atoms with E-state index in [-0.39, 0.29) is 73.0 Å². The van der Waals surface area contributed by atoms with Crippen molar-refractivity contribution in [3.8, 4) is 24.5 Å². The molecule has 0 aromatic rings. The molecule has 0 aromatic heterocycles. The number of allylic oxidation sites excluding steroid dienone is 3. The van der Waals surface area contributed by atoms with Crippen molar-refractivity contribution < 1.29 is 51.4 Å². The van der Waals surface area contributed by atoms with Crippen LogP contribution in [0.2, 0.25) is 0 Å². The van der Waals surface area contributed by atoms with Crippen molar-refractivity contribution in [2.45, 2.75) is 156 Å². The van der Waals surface area contributed by atoms with Gasteiger partial charge in [0.05, 0.1) is 23.0 Å². The Kier molecular flexibility index (Phi) is 47.2. The Morgan fingerprint density at radius 1 is 0.879 bits per heavy atom.